The Balaban J connectivity index is 1.28. The van der Waals surface area contributed by atoms with Gasteiger partial charge in [-0.05, 0) is 12.8 Å². The molecule has 2 fully saturated rings. The molecule has 1 unspecified atom stereocenters. The van der Waals surface area contributed by atoms with E-state index in [1.807, 2.05) is 4.90 Å². The standard InChI is InChI=1S/C23H30N6O5/c1-31-21-19(11-24-23(27-21)32-2)28-8-4-18-17(13-28)20(26-14-25-18)34-16-3-7-29(12-16)22(30)15-5-9-33-10-6-15/h11,14-16H,3-10,12-13H2,1-2H3. The van der Waals surface area contributed by atoms with E-state index in [1.54, 1.807) is 19.6 Å². The van der Waals surface area contributed by atoms with E-state index in [-0.39, 0.29) is 23.9 Å². The molecule has 0 aromatic carbocycles. The zero-order valence-electron chi connectivity index (χ0n) is 19.6. The molecule has 0 bridgehead atoms. The van der Waals surface area contributed by atoms with Crippen LogP contribution in [0.25, 0.3) is 0 Å². The van der Waals surface area contributed by atoms with Crippen molar-refractivity contribution in [3.63, 3.8) is 0 Å². The average Bonchev–Trinajstić information content (AvgIpc) is 3.37. The Morgan fingerprint density at radius 2 is 1.91 bits per heavy atom. The van der Waals surface area contributed by atoms with Crippen molar-refractivity contribution in [3.8, 4) is 17.8 Å². The van der Waals surface area contributed by atoms with Gasteiger partial charge in [-0.3, -0.25) is 4.79 Å². The highest BCUT2D eigenvalue weighted by Crippen LogP contribution is 2.34. The highest BCUT2D eigenvalue weighted by Gasteiger charge is 2.34. The molecule has 2 aromatic heterocycles. The number of carbonyl (C=O) groups excluding carboxylic acids is 1. The maximum absolute atomic E-state index is 12.9. The van der Waals surface area contributed by atoms with Gasteiger partial charge < -0.3 is 28.7 Å². The number of amides is 1. The van der Waals surface area contributed by atoms with Crippen LogP contribution in [-0.4, -0.2) is 83.9 Å². The number of fused-ring (bicyclic) bond motifs is 1. The Kier molecular flexibility index (Phi) is 6.61. The first-order valence-corrected chi connectivity index (χ1v) is 11.7. The van der Waals surface area contributed by atoms with E-state index >= 15 is 0 Å². The average molecular weight is 471 g/mol. The molecule has 3 aliphatic rings. The summed E-state index contributed by atoms with van der Waals surface area (Å²) in [6.07, 6.45) is 6.30. The van der Waals surface area contributed by atoms with Crippen LogP contribution in [0.4, 0.5) is 5.69 Å². The fraction of sp³-hybridized carbons (Fsp3) is 0.609. The maximum Gasteiger partial charge on any atom is 0.319 e. The van der Waals surface area contributed by atoms with Crippen molar-refractivity contribution in [3.05, 3.63) is 23.8 Å². The summed E-state index contributed by atoms with van der Waals surface area (Å²) in [7, 11) is 3.10. The Labute approximate surface area is 198 Å². The van der Waals surface area contributed by atoms with Crippen molar-refractivity contribution in [1.82, 2.24) is 24.8 Å². The summed E-state index contributed by atoms with van der Waals surface area (Å²) < 4.78 is 22.3. The van der Waals surface area contributed by atoms with Crippen molar-refractivity contribution < 1.29 is 23.7 Å². The molecule has 11 nitrogen and oxygen atoms in total. The molecule has 0 saturated carbocycles. The molecule has 1 atom stereocenters. The lowest BCUT2D eigenvalue weighted by molar-refractivity contribution is -0.137. The van der Waals surface area contributed by atoms with Gasteiger partial charge in [0.15, 0.2) is 0 Å². The van der Waals surface area contributed by atoms with Crippen molar-refractivity contribution in [2.75, 3.05) is 52.0 Å². The highest BCUT2D eigenvalue weighted by atomic mass is 16.5. The Morgan fingerprint density at radius 3 is 2.71 bits per heavy atom. The zero-order chi connectivity index (χ0) is 23.5. The Bertz CT molecular complexity index is 1030. The number of anilines is 1. The van der Waals surface area contributed by atoms with Crippen LogP contribution >= 0.6 is 0 Å². The zero-order valence-corrected chi connectivity index (χ0v) is 19.6. The van der Waals surface area contributed by atoms with E-state index < -0.39 is 0 Å². The topological polar surface area (TPSA) is 112 Å². The quantitative estimate of drug-likeness (QED) is 0.611. The number of hydrogen-bond donors (Lipinski definition) is 0. The van der Waals surface area contributed by atoms with Crippen LogP contribution in [0, 0.1) is 5.92 Å². The molecule has 0 N–H and O–H groups in total. The summed E-state index contributed by atoms with van der Waals surface area (Å²) in [6.45, 7) is 3.91. The SMILES string of the molecule is COc1ncc(N2CCc3ncnc(OC4CCN(C(=O)C5CCOCC5)C4)c3C2)c(OC)n1. The molecule has 2 aromatic rings. The molecule has 3 aliphatic heterocycles. The molecule has 0 radical (unpaired) electrons. The minimum absolute atomic E-state index is 0.0644. The van der Waals surface area contributed by atoms with Crippen LogP contribution in [-0.2, 0) is 22.5 Å². The first kappa shape index (κ1) is 22.6. The normalized spacial score (nSPS) is 20.7. The molecule has 182 valence electrons. The van der Waals surface area contributed by atoms with Gasteiger partial charge in [0, 0.05) is 45.1 Å². The number of carbonyl (C=O) groups is 1. The largest absolute Gasteiger partial charge is 0.479 e. The number of nitrogens with zero attached hydrogens (tertiary/aromatic N) is 6. The number of ether oxygens (including phenoxy) is 4. The molecule has 34 heavy (non-hydrogen) atoms. The third kappa shape index (κ3) is 4.56. The molecular formula is C23H30N6O5. The predicted molar refractivity (Wildman–Crippen MR) is 121 cm³/mol. The molecule has 2 saturated heterocycles. The molecule has 1 amide bonds. The summed E-state index contributed by atoms with van der Waals surface area (Å²) in [4.78, 5) is 34.4. The van der Waals surface area contributed by atoms with Gasteiger partial charge >= 0.3 is 6.01 Å². The second-order valence-corrected chi connectivity index (χ2v) is 8.73. The Hall–Kier alpha value is -3.21. The van der Waals surface area contributed by atoms with E-state index in [9.17, 15) is 4.79 Å². The van der Waals surface area contributed by atoms with E-state index in [4.69, 9.17) is 18.9 Å². The van der Waals surface area contributed by atoms with Crippen LogP contribution in [0.5, 0.6) is 17.8 Å². The van der Waals surface area contributed by atoms with Gasteiger partial charge in [0.25, 0.3) is 0 Å². The van der Waals surface area contributed by atoms with Crippen LogP contribution in [0.2, 0.25) is 0 Å². The summed E-state index contributed by atoms with van der Waals surface area (Å²) in [5.74, 6) is 1.31. The second kappa shape index (κ2) is 9.96. The van der Waals surface area contributed by atoms with E-state index in [0.717, 1.165) is 49.2 Å². The van der Waals surface area contributed by atoms with Gasteiger partial charge in [-0.2, -0.15) is 4.98 Å². The van der Waals surface area contributed by atoms with Crippen LogP contribution < -0.4 is 19.1 Å². The molecule has 0 aliphatic carbocycles. The minimum Gasteiger partial charge on any atom is -0.479 e. The van der Waals surface area contributed by atoms with E-state index in [0.29, 0.717) is 44.6 Å². The number of aromatic nitrogens is 4. The van der Waals surface area contributed by atoms with Gasteiger partial charge in [-0.1, -0.05) is 0 Å². The molecule has 5 heterocycles. The molecule has 5 rings (SSSR count). The summed E-state index contributed by atoms with van der Waals surface area (Å²) in [5.41, 5.74) is 2.70. The summed E-state index contributed by atoms with van der Waals surface area (Å²) in [5, 5.41) is 0. The van der Waals surface area contributed by atoms with Crippen molar-refractivity contribution in [1.29, 1.82) is 0 Å². The van der Waals surface area contributed by atoms with Gasteiger partial charge in [0.1, 0.15) is 18.1 Å². The lowest BCUT2D eigenvalue weighted by atomic mass is 9.99. The van der Waals surface area contributed by atoms with Crippen LogP contribution in [0.1, 0.15) is 30.5 Å². The van der Waals surface area contributed by atoms with Crippen molar-refractivity contribution in [2.45, 2.75) is 38.3 Å². The first-order chi connectivity index (χ1) is 16.7. The summed E-state index contributed by atoms with van der Waals surface area (Å²) in [6, 6.07) is 0.256. The lowest BCUT2D eigenvalue weighted by Gasteiger charge is -2.31. The number of hydrogen-bond acceptors (Lipinski definition) is 10. The van der Waals surface area contributed by atoms with Gasteiger partial charge in [0.05, 0.1) is 44.8 Å². The summed E-state index contributed by atoms with van der Waals surface area (Å²) >= 11 is 0. The van der Waals surface area contributed by atoms with Crippen molar-refractivity contribution >= 4 is 11.6 Å². The second-order valence-electron chi connectivity index (χ2n) is 8.73. The lowest BCUT2D eigenvalue weighted by Crippen LogP contribution is -2.38. The maximum atomic E-state index is 12.9. The molecule has 11 heteroatoms. The number of methoxy groups -OCH3 is 2. The van der Waals surface area contributed by atoms with Gasteiger partial charge in [0.2, 0.25) is 17.7 Å². The van der Waals surface area contributed by atoms with Crippen molar-refractivity contribution in [2.24, 2.45) is 5.92 Å². The third-order valence-electron chi connectivity index (χ3n) is 6.70. The van der Waals surface area contributed by atoms with E-state index in [2.05, 4.69) is 24.8 Å². The fourth-order valence-corrected chi connectivity index (χ4v) is 4.82. The predicted octanol–water partition coefficient (Wildman–Crippen LogP) is 1.25. The van der Waals surface area contributed by atoms with Crippen LogP contribution in [0.15, 0.2) is 12.5 Å². The molecular weight excluding hydrogens is 440 g/mol. The third-order valence-corrected chi connectivity index (χ3v) is 6.70. The number of rotatable bonds is 6. The molecule has 0 spiro atoms. The monoisotopic (exact) mass is 470 g/mol. The van der Waals surface area contributed by atoms with E-state index in [1.165, 1.54) is 7.11 Å². The Morgan fingerprint density at radius 1 is 1.06 bits per heavy atom. The fourth-order valence-electron chi connectivity index (χ4n) is 4.82. The highest BCUT2D eigenvalue weighted by molar-refractivity contribution is 5.79. The minimum atomic E-state index is -0.0861. The van der Waals surface area contributed by atoms with Gasteiger partial charge in [-0.25, -0.2) is 15.0 Å². The smallest absolute Gasteiger partial charge is 0.319 e. The first-order valence-electron chi connectivity index (χ1n) is 11.7. The van der Waals surface area contributed by atoms with Gasteiger partial charge in [-0.15, -0.1) is 0 Å². The number of likely N-dealkylation sites (tertiary alicyclic amines) is 1. The van der Waals surface area contributed by atoms with Crippen LogP contribution in [0.3, 0.4) is 0 Å².